The van der Waals surface area contributed by atoms with Crippen molar-refractivity contribution in [2.24, 2.45) is 5.73 Å². The number of nitrogens with zero attached hydrogens (tertiary/aromatic N) is 3. The minimum Gasteiger partial charge on any atom is -0.475 e. The van der Waals surface area contributed by atoms with Gasteiger partial charge in [-0.05, 0) is 37.6 Å². The van der Waals surface area contributed by atoms with E-state index < -0.39 is 24.3 Å². The lowest BCUT2D eigenvalue weighted by Crippen LogP contribution is -2.22. The van der Waals surface area contributed by atoms with Crippen molar-refractivity contribution in [2.45, 2.75) is 44.2 Å². The van der Waals surface area contributed by atoms with Crippen molar-refractivity contribution >= 4 is 23.3 Å². The summed E-state index contributed by atoms with van der Waals surface area (Å²) < 4.78 is 63.5. The molecule has 41 heavy (non-hydrogen) atoms. The summed E-state index contributed by atoms with van der Waals surface area (Å²) in [6.07, 6.45) is -5.34. The van der Waals surface area contributed by atoms with Crippen LogP contribution in [-0.2, 0) is 22.6 Å². The number of carboxylic acids is 2. The number of alkyl halides is 6. The van der Waals surface area contributed by atoms with Crippen molar-refractivity contribution in [3.8, 4) is 11.4 Å². The van der Waals surface area contributed by atoms with Gasteiger partial charge in [-0.1, -0.05) is 18.2 Å². The van der Waals surface area contributed by atoms with Crippen LogP contribution in [0, 0.1) is 0 Å². The average Bonchev–Trinajstić information content (AvgIpc) is 3.56. The van der Waals surface area contributed by atoms with Crippen molar-refractivity contribution in [3.63, 3.8) is 0 Å². The van der Waals surface area contributed by atoms with Crippen LogP contribution in [0.1, 0.15) is 35.1 Å². The van der Waals surface area contributed by atoms with Gasteiger partial charge in [0.05, 0.1) is 6.04 Å². The summed E-state index contributed by atoms with van der Waals surface area (Å²) in [5, 5.41) is 17.5. The second kappa shape index (κ2) is 14.7. The molecular formula is C24H25F6N5O5S. The topological polar surface area (TPSA) is 162 Å². The Bertz CT molecular complexity index is 1320. The highest BCUT2D eigenvalue weighted by atomic mass is 32.1. The van der Waals surface area contributed by atoms with Crippen molar-refractivity contribution in [1.82, 2.24) is 19.9 Å². The van der Waals surface area contributed by atoms with Gasteiger partial charge in [0.2, 0.25) is 0 Å². The van der Waals surface area contributed by atoms with E-state index in [1.54, 1.807) is 11.3 Å². The number of carbonyl (C=O) groups is 2. The normalized spacial score (nSPS) is 15.3. The lowest BCUT2D eigenvalue weighted by atomic mass is 10.1. The zero-order chi connectivity index (χ0) is 30.8. The minimum atomic E-state index is -5.08. The van der Waals surface area contributed by atoms with Crippen LogP contribution in [0.4, 0.5) is 26.3 Å². The molecule has 0 bridgehead atoms. The van der Waals surface area contributed by atoms with E-state index in [-0.39, 0.29) is 5.56 Å². The van der Waals surface area contributed by atoms with Crippen LogP contribution < -0.4 is 11.3 Å². The van der Waals surface area contributed by atoms with Crippen LogP contribution in [0.25, 0.3) is 11.4 Å². The molecule has 2 aromatic heterocycles. The number of halogens is 6. The molecule has 0 amide bonds. The average molecular weight is 610 g/mol. The summed E-state index contributed by atoms with van der Waals surface area (Å²) in [7, 11) is 0. The highest BCUT2D eigenvalue weighted by molar-refractivity contribution is 7.09. The first-order valence-electron chi connectivity index (χ1n) is 11.7. The molecule has 0 radical (unpaired) electrons. The SMILES string of the molecule is NCCc1cc(=O)[nH]c(-c2cccc(CN3CCCC3c3nccs3)c2)n1.O=C(O)C(F)(F)F.O=C(O)C(F)(F)F. The summed E-state index contributed by atoms with van der Waals surface area (Å²) in [6.45, 7) is 2.42. The fraction of sp³-hybridized carbons (Fsp3) is 0.375. The van der Waals surface area contributed by atoms with E-state index in [1.807, 2.05) is 23.7 Å². The van der Waals surface area contributed by atoms with Gasteiger partial charge in [0.25, 0.3) is 5.56 Å². The first kappa shape index (κ1) is 33.4. The Morgan fingerprint density at radius 2 is 1.73 bits per heavy atom. The minimum absolute atomic E-state index is 0.141. The smallest absolute Gasteiger partial charge is 0.475 e. The Morgan fingerprint density at radius 3 is 2.27 bits per heavy atom. The van der Waals surface area contributed by atoms with Gasteiger partial charge >= 0.3 is 24.3 Å². The largest absolute Gasteiger partial charge is 0.490 e. The highest BCUT2D eigenvalue weighted by Crippen LogP contribution is 2.34. The molecule has 1 unspecified atom stereocenters. The van der Waals surface area contributed by atoms with Crippen LogP contribution in [0.3, 0.4) is 0 Å². The van der Waals surface area contributed by atoms with Crippen LogP contribution in [0.5, 0.6) is 0 Å². The number of rotatable bonds is 6. The number of hydrogen-bond donors (Lipinski definition) is 4. The maximum atomic E-state index is 11.9. The third-order valence-electron chi connectivity index (χ3n) is 5.37. The van der Waals surface area contributed by atoms with E-state index in [9.17, 15) is 31.1 Å². The predicted octanol–water partition coefficient (Wildman–Crippen LogP) is 4.00. The number of thiazole rings is 1. The molecule has 17 heteroatoms. The number of benzene rings is 1. The zero-order valence-corrected chi connectivity index (χ0v) is 21.9. The van der Waals surface area contributed by atoms with E-state index in [2.05, 4.69) is 32.0 Å². The summed E-state index contributed by atoms with van der Waals surface area (Å²) in [6, 6.07) is 10.2. The Balaban J connectivity index is 0.000000349. The summed E-state index contributed by atoms with van der Waals surface area (Å²) in [5.74, 6) is -4.91. The van der Waals surface area contributed by atoms with Crippen molar-refractivity contribution in [3.05, 3.63) is 68.5 Å². The summed E-state index contributed by atoms with van der Waals surface area (Å²) in [4.78, 5) is 44.1. The van der Waals surface area contributed by atoms with Gasteiger partial charge in [-0.15, -0.1) is 11.3 Å². The van der Waals surface area contributed by atoms with Gasteiger partial charge < -0.3 is 20.9 Å². The molecule has 0 saturated carbocycles. The van der Waals surface area contributed by atoms with Crippen LogP contribution >= 0.6 is 11.3 Å². The molecular weight excluding hydrogens is 584 g/mol. The second-order valence-electron chi connectivity index (χ2n) is 8.43. The number of nitrogens with one attached hydrogen (secondary N) is 1. The molecule has 1 aliphatic heterocycles. The number of aromatic amines is 1. The fourth-order valence-electron chi connectivity index (χ4n) is 3.67. The monoisotopic (exact) mass is 609 g/mol. The fourth-order valence-corrected chi connectivity index (χ4v) is 4.47. The Kier molecular flexibility index (Phi) is 12.0. The molecule has 10 nitrogen and oxygen atoms in total. The molecule has 0 aliphatic carbocycles. The molecule has 0 spiro atoms. The third-order valence-corrected chi connectivity index (χ3v) is 6.24. The van der Waals surface area contributed by atoms with E-state index in [1.165, 1.54) is 23.1 Å². The summed E-state index contributed by atoms with van der Waals surface area (Å²) >= 11 is 1.73. The number of likely N-dealkylation sites (tertiary alicyclic amines) is 1. The lowest BCUT2D eigenvalue weighted by Gasteiger charge is -2.23. The molecule has 1 saturated heterocycles. The number of aliphatic carboxylic acids is 2. The number of H-pyrrole nitrogens is 1. The molecule has 1 atom stereocenters. The van der Waals surface area contributed by atoms with E-state index in [0.29, 0.717) is 24.8 Å². The van der Waals surface area contributed by atoms with Gasteiger partial charge in [0, 0.05) is 41.9 Å². The number of hydrogen-bond acceptors (Lipinski definition) is 8. The van der Waals surface area contributed by atoms with Gasteiger partial charge in [0.15, 0.2) is 0 Å². The molecule has 3 aromatic rings. The first-order valence-corrected chi connectivity index (χ1v) is 12.6. The molecule has 1 fully saturated rings. The molecule has 1 aliphatic rings. The first-order chi connectivity index (χ1) is 19.1. The Labute approximate surface area is 232 Å². The van der Waals surface area contributed by atoms with Crippen molar-refractivity contribution < 1.29 is 46.1 Å². The van der Waals surface area contributed by atoms with Crippen LogP contribution in [0.2, 0.25) is 0 Å². The van der Waals surface area contributed by atoms with Gasteiger partial charge in [-0.25, -0.2) is 19.6 Å². The van der Waals surface area contributed by atoms with E-state index in [4.69, 9.17) is 25.5 Å². The van der Waals surface area contributed by atoms with E-state index in [0.717, 1.165) is 30.8 Å². The van der Waals surface area contributed by atoms with Crippen LogP contribution in [0.15, 0.2) is 46.7 Å². The molecule has 4 rings (SSSR count). The van der Waals surface area contributed by atoms with Crippen molar-refractivity contribution in [1.29, 1.82) is 0 Å². The van der Waals surface area contributed by atoms with Gasteiger partial charge in [-0.3, -0.25) is 9.69 Å². The molecule has 1 aromatic carbocycles. The molecule has 5 N–H and O–H groups in total. The predicted molar refractivity (Wildman–Crippen MR) is 135 cm³/mol. The van der Waals surface area contributed by atoms with Crippen LogP contribution in [-0.4, -0.2) is 67.4 Å². The maximum absolute atomic E-state index is 11.9. The summed E-state index contributed by atoms with van der Waals surface area (Å²) in [5.41, 5.74) is 8.33. The van der Waals surface area contributed by atoms with E-state index >= 15 is 0 Å². The maximum Gasteiger partial charge on any atom is 0.490 e. The Morgan fingerprint density at radius 1 is 1.10 bits per heavy atom. The van der Waals surface area contributed by atoms with Gasteiger partial charge in [0.1, 0.15) is 10.8 Å². The number of nitrogens with two attached hydrogens (primary N) is 1. The highest BCUT2D eigenvalue weighted by Gasteiger charge is 2.38. The lowest BCUT2D eigenvalue weighted by molar-refractivity contribution is -0.193. The van der Waals surface area contributed by atoms with Gasteiger partial charge in [-0.2, -0.15) is 26.3 Å². The molecule has 224 valence electrons. The number of aromatic nitrogens is 3. The standard InChI is InChI=1S/C20H23N5OS.2C2HF3O2/c21-7-6-16-12-18(26)24-19(23-16)15-4-1-3-14(11-15)13-25-9-2-5-17(25)20-22-8-10-27-20;2*3-2(4,5)1(6)7/h1,3-4,8,10-12,17H,2,5-7,9,13,21H2,(H,23,24,26);2*(H,6,7). The zero-order valence-electron chi connectivity index (χ0n) is 21.1. The Hall–Kier alpha value is -3.83. The quantitative estimate of drug-likeness (QED) is 0.303. The van der Waals surface area contributed by atoms with Crippen molar-refractivity contribution in [2.75, 3.05) is 13.1 Å². The third kappa shape index (κ3) is 10.9. The second-order valence-corrected chi connectivity index (χ2v) is 9.36. The number of carboxylic acid groups (broad SMARTS) is 2. The molecule has 3 heterocycles.